The van der Waals surface area contributed by atoms with Crippen molar-refractivity contribution in [2.45, 2.75) is 11.4 Å². The van der Waals surface area contributed by atoms with Crippen molar-refractivity contribution in [1.29, 1.82) is 0 Å². The van der Waals surface area contributed by atoms with Crippen LogP contribution in [-0.2, 0) is 16.6 Å². The molecule has 0 unspecified atom stereocenters. The number of rotatable bonds is 8. The maximum atomic E-state index is 12.9. The zero-order valence-corrected chi connectivity index (χ0v) is 19.5. The Morgan fingerprint density at radius 3 is 2.30 bits per heavy atom. The van der Waals surface area contributed by atoms with Crippen molar-refractivity contribution in [3.05, 3.63) is 88.4 Å². The number of anilines is 1. The van der Waals surface area contributed by atoms with Gasteiger partial charge < -0.3 is 15.4 Å². The van der Waals surface area contributed by atoms with E-state index in [0.717, 1.165) is 0 Å². The third-order valence-electron chi connectivity index (χ3n) is 4.69. The lowest BCUT2D eigenvalue weighted by Crippen LogP contribution is -2.24. The molecule has 8 nitrogen and oxygen atoms in total. The van der Waals surface area contributed by atoms with Crippen molar-refractivity contribution in [3.8, 4) is 5.75 Å². The van der Waals surface area contributed by atoms with E-state index in [2.05, 4.69) is 15.4 Å². The second kappa shape index (κ2) is 10.4. The van der Waals surface area contributed by atoms with Gasteiger partial charge in [-0.15, -0.1) is 0 Å². The Labute approximate surface area is 197 Å². The number of benzene rings is 3. The number of amides is 2. The predicted molar refractivity (Wildman–Crippen MR) is 126 cm³/mol. The summed E-state index contributed by atoms with van der Waals surface area (Å²) >= 11 is 6.12. The van der Waals surface area contributed by atoms with Gasteiger partial charge in [0, 0.05) is 30.4 Å². The van der Waals surface area contributed by atoms with E-state index in [4.69, 9.17) is 16.3 Å². The van der Waals surface area contributed by atoms with Crippen LogP contribution in [0.3, 0.4) is 0 Å². The zero-order chi connectivity index (χ0) is 24.0. The Morgan fingerprint density at radius 1 is 0.939 bits per heavy atom. The molecule has 2 amide bonds. The first-order valence-electron chi connectivity index (χ1n) is 9.79. The van der Waals surface area contributed by atoms with Crippen molar-refractivity contribution >= 4 is 39.1 Å². The molecule has 0 spiro atoms. The van der Waals surface area contributed by atoms with Gasteiger partial charge in [-0.3, -0.25) is 14.3 Å². The molecule has 33 heavy (non-hydrogen) atoms. The van der Waals surface area contributed by atoms with Gasteiger partial charge in [-0.25, -0.2) is 8.42 Å². The van der Waals surface area contributed by atoms with E-state index >= 15 is 0 Å². The Morgan fingerprint density at radius 2 is 1.64 bits per heavy atom. The largest absolute Gasteiger partial charge is 0.497 e. The van der Waals surface area contributed by atoms with E-state index in [0.29, 0.717) is 22.6 Å². The highest BCUT2D eigenvalue weighted by atomic mass is 35.5. The molecule has 3 N–H and O–H groups in total. The van der Waals surface area contributed by atoms with Gasteiger partial charge in [-0.1, -0.05) is 23.7 Å². The molecule has 0 saturated heterocycles. The van der Waals surface area contributed by atoms with Gasteiger partial charge in [0.2, 0.25) is 0 Å². The Balaban J connectivity index is 1.76. The number of nitrogens with one attached hydrogen (secondary N) is 3. The fourth-order valence-electron chi connectivity index (χ4n) is 2.97. The molecular weight excluding hydrogens is 466 g/mol. The average Bonchev–Trinajstić information content (AvgIpc) is 2.82. The van der Waals surface area contributed by atoms with Crippen molar-refractivity contribution < 1.29 is 22.7 Å². The summed E-state index contributed by atoms with van der Waals surface area (Å²) in [6.45, 7) is 0.151. The molecule has 0 aromatic heterocycles. The molecule has 0 aliphatic heterocycles. The number of hydrogen-bond donors (Lipinski definition) is 3. The summed E-state index contributed by atoms with van der Waals surface area (Å²) in [6.07, 6.45) is 0. The van der Waals surface area contributed by atoms with Crippen LogP contribution in [0, 0.1) is 0 Å². The van der Waals surface area contributed by atoms with E-state index in [-0.39, 0.29) is 27.9 Å². The number of hydrogen-bond acceptors (Lipinski definition) is 5. The number of carbonyl (C=O) groups excluding carboxylic acids is 2. The number of sulfonamides is 1. The number of methoxy groups -OCH3 is 1. The molecule has 0 fully saturated rings. The summed E-state index contributed by atoms with van der Waals surface area (Å²) in [7, 11) is -1.01. The second-order valence-corrected chi connectivity index (χ2v) is 9.00. The quantitative estimate of drug-likeness (QED) is 0.450. The van der Waals surface area contributed by atoms with Gasteiger partial charge >= 0.3 is 0 Å². The van der Waals surface area contributed by atoms with E-state index in [1.807, 2.05) is 0 Å². The van der Waals surface area contributed by atoms with Crippen LogP contribution in [0.15, 0.2) is 71.6 Å². The summed E-state index contributed by atoms with van der Waals surface area (Å²) in [6, 6.07) is 17.1. The van der Waals surface area contributed by atoms with E-state index in [9.17, 15) is 18.0 Å². The molecular formula is C23H22ClN3O5S. The Hall–Kier alpha value is -3.56. The van der Waals surface area contributed by atoms with Crippen molar-refractivity contribution in [3.63, 3.8) is 0 Å². The van der Waals surface area contributed by atoms with Crippen molar-refractivity contribution in [1.82, 2.24) is 10.6 Å². The first-order valence-corrected chi connectivity index (χ1v) is 11.7. The van der Waals surface area contributed by atoms with Gasteiger partial charge in [0.05, 0.1) is 12.1 Å². The summed E-state index contributed by atoms with van der Waals surface area (Å²) < 4.78 is 33.2. The minimum atomic E-state index is -4.05. The molecule has 0 aliphatic rings. The Kier molecular flexibility index (Phi) is 7.57. The summed E-state index contributed by atoms with van der Waals surface area (Å²) in [4.78, 5) is 24.2. The van der Waals surface area contributed by atoms with Crippen LogP contribution in [-0.4, -0.2) is 34.4 Å². The number of carbonyl (C=O) groups is 2. The summed E-state index contributed by atoms with van der Waals surface area (Å²) in [5, 5.41) is 5.23. The molecule has 0 aliphatic carbocycles. The first-order chi connectivity index (χ1) is 15.7. The van der Waals surface area contributed by atoms with Gasteiger partial charge in [-0.05, 0) is 60.2 Å². The van der Waals surface area contributed by atoms with Crippen molar-refractivity contribution in [2.75, 3.05) is 18.9 Å². The summed E-state index contributed by atoms with van der Waals surface area (Å²) in [5.74, 6) is -0.145. The molecule has 10 heteroatoms. The number of halogens is 1. The molecule has 172 valence electrons. The fraction of sp³-hybridized carbons (Fsp3) is 0.130. The Bertz CT molecular complexity index is 1280. The maximum absolute atomic E-state index is 12.9. The molecule has 0 bridgehead atoms. The van der Waals surface area contributed by atoms with Crippen LogP contribution in [0.4, 0.5) is 5.69 Å². The molecule has 0 saturated carbocycles. The highest BCUT2D eigenvalue weighted by Gasteiger charge is 2.20. The zero-order valence-electron chi connectivity index (χ0n) is 17.9. The summed E-state index contributed by atoms with van der Waals surface area (Å²) in [5.41, 5.74) is 1.62. The molecule has 3 aromatic carbocycles. The molecule has 3 aromatic rings. The lowest BCUT2D eigenvalue weighted by atomic mass is 10.1. The van der Waals surface area contributed by atoms with E-state index in [1.54, 1.807) is 48.5 Å². The van der Waals surface area contributed by atoms with Gasteiger partial charge in [0.25, 0.3) is 21.8 Å². The van der Waals surface area contributed by atoms with Crippen LogP contribution in [0.2, 0.25) is 5.02 Å². The maximum Gasteiger partial charge on any atom is 0.263 e. The van der Waals surface area contributed by atoms with Crippen LogP contribution in [0.5, 0.6) is 5.75 Å². The highest BCUT2D eigenvalue weighted by Crippen LogP contribution is 2.26. The van der Waals surface area contributed by atoms with Crippen LogP contribution in [0.1, 0.15) is 26.3 Å². The predicted octanol–water partition coefficient (Wildman–Crippen LogP) is 3.44. The SMILES string of the molecule is CNC(=O)c1cccc(CNC(=O)c2ccc(Cl)c(S(=O)(=O)Nc3ccc(OC)cc3)c2)c1. The van der Waals surface area contributed by atoms with Crippen LogP contribution in [0.25, 0.3) is 0 Å². The van der Waals surface area contributed by atoms with Crippen molar-refractivity contribution in [2.24, 2.45) is 0 Å². The molecule has 0 heterocycles. The standard InChI is InChI=1S/C23H22ClN3O5S/c1-25-22(28)16-5-3-4-15(12-16)14-26-23(29)17-6-11-20(24)21(13-17)33(30,31)27-18-7-9-19(32-2)10-8-18/h3-13,27H,14H2,1-2H3,(H,25,28)(H,26,29). The normalized spacial score (nSPS) is 10.9. The third-order valence-corrected chi connectivity index (χ3v) is 6.56. The topological polar surface area (TPSA) is 114 Å². The smallest absolute Gasteiger partial charge is 0.263 e. The first kappa shape index (κ1) is 24.1. The van der Waals surface area contributed by atoms with Gasteiger partial charge in [0.15, 0.2) is 0 Å². The second-order valence-electron chi connectivity index (χ2n) is 6.94. The highest BCUT2D eigenvalue weighted by molar-refractivity contribution is 7.92. The van der Waals surface area contributed by atoms with Crippen LogP contribution < -0.4 is 20.1 Å². The minimum Gasteiger partial charge on any atom is -0.497 e. The number of ether oxygens (including phenoxy) is 1. The van der Waals surface area contributed by atoms with E-state index < -0.39 is 15.9 Å². The van der Waals surface area contributed by atoms with Crippen LogP contribution >= 0.6 is 11.6 Å². The molecule has 3 rings (SSSR count). The minimum absolute atomic E-state index is 0.0224. The molecule has 0 atom stereocenters. The van der Waals surface area contributed by atoms with E-state index in [1.165, 1.54) is 32.4 Å². The lowest BCUT2D eigenvalue weighted by Gasteiger charge is -2.12. The monoisotopic (exact) mass is 487 g/mol. The molecule has 0 radical (unpaired) electrons. The van der Waals surface area contributed by atoms with Gasteiger partial charge in [0.1, 0.15) is 10.6 Å². The average molecular weight is 488 g/mol. The third kappa shape index (κ3) is 6.03. The van der Waals surface area contributed by atoms with Gasteiger partial charge in [-0.2, -0.15) is 0 Å². The fourth-order valence-corrected chi connectivity index (χ4v) is 4.56. The lowest BCUT2D eigenvalue weighted by molar-refractivity contribution is 0.0948.